The second kappa shape index (κ2) is 14.9. The van der Waals surface area contributed by atoms with Crippen molar-refractivity contribution in [2.45, 2.75) is 84.0 Å². The number of hydrogen-bond acceptors (Lipinski definition) is 2. The molecule has 156 valence electrons. The van der Waals surface area contributed by atoms with E-state index in [9.17, 15) is 5.11 Å². The largest absolute Gasteiger partial charge is 0.396 e. The predicted octanol–water partition coefficient (Wildman–Crippen LogP) is 6.37. The molecule has 1 unspecified atom stereocenters. The van der Waals surface area contributed by atoms with Crippen LogP contribution in [0.25, 0.3) is 0 Å². The fourth-order valence-corrected chi connectivity index (χ4v) is 3.86. The van der Waals surface area contributed by atoms with E-state index in [1.807, 2.05) is 30.3 Å². The van der Waals surface area contributed by atoms with E-state index < -0.39 is 0 Å². The molecule has 0 amide bonds. The Balaban J connectivity index is 2.19. The minimum atomic E-state index is 0.272. The number of unbranched alkanes of at least 4 members (excludes halogenated alkanes) is 9. The lowest BCUT2D eigenvalue weighted by Crippen LogP contribution is -2.46. The fraction of sp³-hybridized carbons (Fsp3) is 0.750. The molecule has 0 aromatic heterocycles. The first kappa shape index (κ1) is 24.0. The van der Waals surface area contributed by atoms with Crippen LogP contribution in [0, 0.1) is 5.92 Å². The van der Waals surface area contributed by atoms with Crippen LogP contribution in [0.4, 0.5) is 0 Å². The molecule has 0 aliphatic carbocycles. The number of hydrogen-bond donors (Lipinski definition) is 1. The standard InChI is InChI=1S/C24H44NO2/c1-4-5-6-7-8-9-10-11-12-14-17-23(20-21-26)22-25(2,3)27-24-18-15-13-16-19-24/h13,15-16,18-19,23,26H,4-12,14,17,20-22H2,1-3H3/q+1. The van der Waals surface area contributed by atoms with Gasteiger partial charge in [-0.3, -0.25) is 0 Å². The molecule has 1 atom stereocenters. The summed E-state index contributed by atoms with van der Waals surface area (Å²) in [4.78, 5) is 6.13. The molecule has 1 N–H and O–H groups in total. The summed E-state index contributed by atoms with van der Waals surface area (Å²) in [6.07, 6.45) is 15.8. The van der Waals surface area contributed by atoms with Crippen molar-refractivity contribution in [1.29, 1.82) is 0 Å². The number of rotatable bonds is 17. The van der Waals surface area contributed by atoms with Crippen molar-refractivity contribution in [2.75, 3.05) is 27.2 Å². The van der Waals surface area contributed by atoms with Gasteiger partial charge in [-0.1, -0.05) is 89.3 Å². The second-order valence-corrected chi connectivity index (χ2v) is 8.51. The Morgan fingerprint density at radius 3 is 1.93 bits per heavy atom. The molecular weight excluding hydrogens is 334 g/mol. The number of benzene rings is 1. The number of nitrogens with zero attached hydrogens (tertiary/aromatic N) is 1. The van der Waals surface area contributed by atoms with Crippen LogP contribution in [0.1, 0.15) is 84.0 Å². The Bertz CT molecular complexity index is 447. The Morgan fingerprint density at radius 1 is 0.815 bits per heavy atom. The summed E-state index contributed by atoms with van der Waals surface area (Å²) >= 11 is 0. The normalized spacial score (nSPS) is 12.9. The molecule has 0 heterocycles. The molecule has 1 aromatic carbocycles. The molecule has 3 heteroatoms. The highest BCUT2D eigenvalue weighted by Gasteiger charge is 2.24. The first-order valence-corrected chi connectivity index (χ1v) is 11.3. The average molecular weight is 379 g/mol. The first-order valence-electron chi connectivity index (χ1n) is 11.3. The predicted molar refractivity (Wildman–Crippen MR) is 116 cm³/mol. The Kier molecular flexibility index (Phi) is 13.3. The van der Waals surface area contributed by atoms with Gasteiger partial charge in [0.05, 0.1) is 0 Å². The van der Waals surface area contributed by atoms with Crippen molar-refractivity contribution < 1.29 is 14.6 Å². The van der Waals surface area contributed by atoms with Crippen LogP contribution in [0.15, 0.2) is 30.3 Å². The van der Waals surface area contributed by atoms with E-state index in [4.69, 9.17) is 4.84 Å². The Labute approximate surface area is 168 Å². The van der Waals surface area contributed by atoms with E-state index in [-0.39, 0.29) is 6.61 Å². The Morgan fingerprint density at radius 2 is 1.37 bits per heavy atom. The van der Waals surface area contributed by atoms with E-state index in [1.165, 1.54) is 70.6 Å². The fourth-order valence-electron chi connectivity index (χ4n) is 3.86. The maximum absolute atomic E-state index is 9.44. The van der Waals surface area contributed by atoms with Gasteiger partial charge < -0.3 is 9.94 Å². The van der Waals surface area contributed by atoms with Crippen LogP contribution in [0.5, 0.6) is 5.75 Å². The van der Waals surface area contributed by atoms with Crippen LogP contribution in [0.3, 0.4) is 0 Å². The first-order chi connectivity index (χ1) is 13.1. The molecule has 0 saturated heterocycles. The molecule has 0 bridgehead atoms. The Hall–Kier alpha value is -1.06. The highest BCUT2D eigenvalue weighted by atomic mass is 16.7. The minimum Gasteiger partial charge on any atom is -0.396 e. The zero-order chi connectivity index (χ0) is 19.8. The lowest BCUT2D eigenvalue weighted by molar-refractivity contribution is -1.05. The van der Waals surface area contributed by atoms with Crippen LogP contribution in [-0.4, -0.2) is 37.0 Å². The second-order valence-electron chi connectivity index (χ2n) is 8.51. The third kappa shape index (κ3) is 12.9. The topological polar surface area (TPSA) is 29.5 Å². The van der Waals surface area contributed by atoms with Gasteiger partial charge >= 0.3 is 0 Å². The molecule has 0 spiro atoms. The number of aliphatic hydroxyl groups excluding tert-OH is 1. The van der Waals surface area contributed by atoms with E-state index in [0.29, 0.717) is 10.6 Å². The molecule has 1 rings (SSSR count). The lowest BCUT2D eigenvalue weighted by Gasteiger charge is -2.31. The third-order valence-corrected chi connectivity index (χ3v) is 5.30. The monoisotopic (exact) mass is 378 g/mol. The van der Waals surface area contributed by atoms with Crippen molar-refractivity contribution >= 4 is 0 Å². The van der Waals surface area contributed by atoms with E-state index in [0.717, 1.165) is 18.7 Å². The van der Waals surface area contributed by atoms with Crippen molar-refractivity contribution in [3.05, 3.63) is 30.3 Å². The van der Waals surface area contributed by atoms with Crippen molar-refractivity contribution in [3.63, 3.8) is 0 Å². The third-order valence-electron chi connectivity index (χ3n) is 5.30. The molecule has 3 nitrogen and oxygen atoms in total. The quantitative estimate of drug-likeness (QED) is 0.194. The number of para-hydroxylation sites is 1. The molecule has 0 aliphatic rings. The van der Waals surface area contributed by atoms with E-state index >= 15 is 0 Å². The van der Waals surface area contributed by atoms with Crippen LogP contribution < -0.4 is 4.84 Å². The summed E-state index contributed by atoms with van der Waals surface area (Å²) in [6, 6.07) is 10.0. The van der Waals surface area contributed by atoms with Crippen molar-refractivity contribution in [1.82, 2.24) is 0 Å². The number of hydroxylamine groups is 3. The summed E-state index contributed by atoms with van der Waals surface area (Å²) in [6.45, 7) is 3.48. The maximum atomic E-state index is 9.44. The zero-order valence-electron chi connectivity index (χ0n) is 18.2. The molecule has 0 fully saturated rings. The van der Waals surface area contributed by atoms with Gasteiger partial charge in [0.2, 0.25) is 0 Å². The van der Waals surface area contributed by atoms with Crippen molar-refractivity contribution in [2.24, 2.45) is 5.92 Å². The molecule has 27 heavy (non-hydrogen) atoms. The van der Waals surface area contributed by atoms with Crippen LogP contribution in [-0.2, 0) is 0 Å². The van der Waals surface area contributed by atoms with Crippen molar-refractivity contribution in [3.8, 4) is 5.75 Å². The van der Waals surface area contributed by atoms with Gasteiger partial charge in [-0.15, -0.1) is 4.65 Å². The highest BCUT2D eigenvalue weighted by molar-refractivity contribution is 5.20. The number of quaternary nitrogens is 1. The summed E-state index contributed by atoms with van der Waals surface area (Å²) in [5.41, 5.74) is 0. The van der Waals surface area contributed by atoms with E-state index in [2.05, 4.69) is 21.0 Å². The average Bonchev–Trinajstić information content (AvgIpc) is 2.63. The zero-order valence-corrected chi connectivity index (χ0v) is 18.2. The molecule has 1 aromatic rings. The lowest BCUT2D eigenvalue weighted by atomic mass is 9.96. The van der Waals surface area contributed by atoms with Gasteiger partial charge in [0.1, 0.15) is 20.6 Å². The minimum absolute atomic E-state index is 0.272. The van der Waals surface area contributed by atoms with Gasteiger partial charge in [0.25, 0.3) is 0 Å². The van der Waals surface area contributed by atoms with Gasteiger partial charge in [0, 0.05) is 12.5 Å². The van der Waals surface area contributed by atoms with Crippen LogP contribution in [0.2, 0.25) is 0 Å². The van der Waals surface area contributed by atoms with Gasteiger partial charge in [-0.2, -0.15) is 0 Å². The summed E-state index contributed by atoms with van der Waals surface area (Å²) in [5, 5.41) is 9.44. The summed E-state index contributed by atoms with van der Waals surface area (Å²) in [7, 11) is 4.21. The van der Waals surface area contributed by atoms with Gasteiger partial charge in [-0.05, 0) is 25.0 Å². The summed E-state index contributed by atoms with van der Waals surface area (Å²) < 4.78 is 0.506. The highest BCUT2D eigenvalue weighted by Crippen LogP contribution is 2.21. The molecule has 0 aliphatic heterocycles. The van der Waals surface area contributed by atoms with Gasteiger partial charge in [0.15, 0.2) is 5.75 Å². The maximum Gasteiger partial charge on any atom is 0.190 e. The molecule has 0 saturated carbocycles. The van der Waals surface area contributed by atoms with Crippen LogP contribution >= 0.6 is 0 Å². The smallest absolute Gasteiger partial charge is 0.190 e. The number of aliphatic hydroxyl groups is 1. The van der Waals surface area contributed by atoms with E-state index in [1.54, 1.807) is 0 Å². The molecule has 0 radical (unpaired) electrons. The SMILES string of the molecule is CCCCCCCCCCCCC(CCO)C[N+](C)(C)Oc1ccccc1. The molecular formula is C24H44NO2+. The summed E-state index contributed by atoms with van der Waals surface area (Å²) in [5.74, 6) is 1.42. The van der Waals surface area contributed by atoms with Gasteiger partial charge in [-0.25, -0.2) is 0 Å².